The second-order valence-electron chi connectivity index (χ2n) is 9.76. The predicted molar refractivity (Wildman–Crippen MR) is 126 cm³/mol. The molecule has 7 heteroatoms. The highest BCUT2D eigenvalue weighted by Crippen LogP contribution is 2.44. The molecule has 7 nitrogen and oxygen atoms in total. The van der Waals surface area contributed by atoms with Crippen LogP contribution < -0.4 is 10.6 Å². The van der Waals surface area contributed by atoms with Gasteiger partial charge < -0.3 is 20.5 Å². The van der Waals surface area contributed by atoms with Crippen LogP contribution in [0.1, 0.15) is 62.0 Å². The number of rotatable bonds is 7. The molecule has 178 valence electrons. The van der Waals surface area contributed by atoms with Crippen molar-refractivity contribution in [1.29, 1.82) is 0 Å². The first kappa shape index (κ1) is 22.4. The van der Waals surface area contributed by atoms with E-state index >= 15 is 0 Å². The highest BCUT2D eigenvalue weighted by Gasteiger charge is 2.46. The van der Waals surface area contributed by atoms with Crippen LogP contribution in [0.3, 0.4) is 0 Å². The SMILES string of the molecule is O=C(CC1CCCC1NC(=O)OCC1c2ccccc2-c2ccccc21)NC1(C(=O)O)CCC1. The molecule has 0 radical (unpaired) electrons. The molecule has 2 fully saturated rings. The third-order valence-corrected chi connectivity index (χ3v) is 7.75. The Kier molecular flexibility index (Phi) is 6.02. The van der Waals surface area contributed by atoms with Gasteiger partial charge in [0, 0.05) is 18.4 Å². The van der Waals surface area contributed by atoms with E-state index in [-0.39, 0.29) is 36.8 Å². The van der Waals surface area contributed by atoms with Crippen molar-refractivity contribution in [2.45, 2.75) is 62.4 Å². The largest absolute Gasteiger partial charge is 0.480 e. The molecule has 0 bridgehead atoms. The smallest absolute Gasteiger partial charge is 0.407 e. The number of carbonyl (C=O) groups excluding carboxylic acids is 2. The second-order valence-corrected chi connectivity index (χ2v) is 9.76. The van der Waals surface area contributed by atoms with Crippen molar-refractivity contribution in [1.82, 2.24) is 10.6 Å². The summed E-state index contributed by atoms with van der Waals surface area (Å²) in [5, 5.41) is 15.1. The molecule has 2 aromatic carbocycles. The zero-order chi connectivity index (χ0) is 23.7. The van der Waals surface area contributed by atoms with E-state index in [2.05, 4.69) is 34.9 Å². The standard InChI is InChI=1S/C27H30N2O5/c30-24(29-27(25(31)32)13-6-14-27)15-17-7-5-12-23(17)28-26(33)34-16-22-20-10-3-1-8-18(20)19-9-2-4-11-21(19)22/h1-4,8-11,17,22-23H,5-7,12-16H2,(H,28,33)(H,29,30)(H,31,32). The van der Waals surface area contributed by atoms with E-state index in [0.717, 1.165) is 36.8 Å². The van der Waals surface area contributed by atoms with Gasteiger partial charge in [-0.15, -0.1) is 0 Å². The second kappa shape index (κ2) is 9.12. The van der Waals surface area contributed by atoms with Crippen molar-refractivity contribution in [3.8, 4) is 11.1 Å². The minimum atomic E-state index is -1.11. The van der Waals surface area contributed by atoms with Crippen LogP contribution in [-0.2, 0) is 14.3 Å². The maximum atomic E-state index is 12.7. The van der Waals surface area contributed by atoms with Crippen LogP contribution in [0.4, 0.5) is 4.79 Å². The minimum Gasteiger partial charge on any atom is -0.480 e. The topological polar surface area (TPSA) is 105 Å². The number of fused-ring (bicyclic) bond motifs is 3. The van der Waals surface area contributed by atoms with Gasteiger partial charge in [0.15, 0.2) is 0 Å². The summed E-state index contributed by atoms with van der Waals surface area (Å²) in [5.41, 5.74) is 3.58. The summed E-state index contributed by atoms with van der Waals surface area (Å²) in [4.78, 5) is 36.8. The number of ether oxygens (including phenoxy) is 1. The third-order valence-electron chi connectivity index (χ3n) is 7.75. The molecule has 3 aliphatic rings. The van der Waals surface area contributed by atoms with Crippen molar-refractivity contribution in [2.75, 3.05) is 6.61 Å². The van der Waals surface area contributed by atoms with Crippen LogP contribution in [0.15, 0.2) is 48.5 Å². The van der Waals surface area contributed by atoms with Crippen molar-refractivity contribution in [3.63, 3.8) is 0 Å². The molecule has 0 saturated heterocycles. The fourth-order valence-corrected chi connectivity index (χ4v) is 5.74. The Morgan fingerprint density at radius 1 is 0.941 bits per heavy atom. The fraction of sp³-hybridized carbons (Fsp3) is 0.444. The lowest BCUT2D eigenvalue weighted by Crippen LogP contribution is -2.59. The molecule has 0 heterocycles. The predicted octanol–water partition coefficient (Wildman–Crippen LogP) is 4.21. The number of aliphatic carboxylic acids is 1. The number of nitrogens with one attached hydrogen (secondary N) is 2. The quantitative estimate of drug-likeness (QED) is 0.572. The van der Waals surface area contributed by atoms with Crippen LogP contribution in [-0.4, -0.2) is 41.3 Å². The van der Waals surface area contributed by atoms with E-state index in [4.69, 9.17) is 4.74 Å². The van der Waals surface area contributed by atoms with E-state index in [1.165, 1.54) is 11.1 Å². The Labute approximate surface area is 198 Å². The van der Waals surface area contributed by atoms with Gasteiger partial charge >= 0.3 is 12.1 Å². The summed E-state index contributed by atoms with van der Waals surface area (Å²) < 4.78 is 5.67. The molecule has 3 N–H and O–H groups in total. The van der Waals surface area contributed by atoms with Gasteiger partial charge in [0.25, 0.3) is 0 Å². The minimum absolute atomic E-state index is 0.00186. The Balaban J connectivity index is 1.17. The van der Waals surface area contributed by atoms with E-state index in [1.807, 2.05) is 24.3 Å². The van der Waals surface area contributed by atoms with Crippen molar-refractivity contribution < 1.29 is 24.2 Å². The Hall–Kier alpha value is -3.35. The summed E-state index contributed by atoms with van der Waals surface area (Å²) >= 11 is 0. The Morgan fingerprint density at radius 2 is 1.59 bits per heavy atom. The van der Waals surface area contributed by atoms with Crippen LogP contribution >= 0.6 is 0 Å². The van der Waals surface area contributed by atoms with E-state index in [9.17, 15) is 19.5 Å². The molecule has 2 amide bonds. The van der Waals surface area contributed by atoms with Gasteiger partial charge in [-0.05, 0) is 60.3 Å². The number of hydrogen-bond acceptors (Lipinski definition) is 4. The first-order chi connectivity index (χ1) is 16.5. The number of carboxylic acid groups (broad SMARTS) is 1. The molecule has 5 rings (SSSR count). The molecule has 0 aromatic heterocycles. The third kappa shape index (κ3) is 4.15. The lowest BCUT2D eigenvalue weighted by molar-refractivity contribution is -0.152. The molecule has 2 atom stereocenters. The van der Waals surface area contributed by atoms with Crippen molar-refractivity contribution >= 4 is 18.0 Å². The number of benzene rings is 2. The average Bonchev–Trinajstić information content (AvgIpc) is 3.36. The number of carbonyl (C=O) groups is 3. The van der Waals surface area contributed by atoms with Gasteiger partial charge in [-0.1, -0.05) is 55.0 Å². The maximum absolute atomic E-state index is 12.7. The summed E-state index contributed by atoms with van der Waals surface area (Å²) in [5.74, 6) is -1.25. The van der Waals surface area contributed by atoms with Crippen molar-refractivity contribution in [3.05, 3.63) is 59.7 Å². The molecular weight excluding hydrogens is 432 g/mol. The molecule has 34 heavy (non-hydrogen) atoms. The highest BCUT2D eigenvalue weighted by molar-refractivity contribution is 5.88. The maximum Gasteiger partial charge on any atom is 0.407 e. The molecule has 0 spiro atoms. The molecule has 0 aliphatic heterocycles. The Morgan fingerprint density at radius 3 is 2.18 bits per heavy atom. The lowest BCUT2D eigenvalue weighted by Gasteiger charge is -2.38. The molecule has 3 aliphatic carbocycles. The van der Waals surface area contributed by atoms with Crippen molar-refractivity contribution in [2.24, 2.45) is 5.92 Å². The summed E-state index contributed by atoms with van der Waals surface area (Å²) in [6.07, 6.45) is 4.01. The molecule has 2 unspecified atom stereocenters. The monoisotopic (exact) mass is 462 g/mol. The Bertz CT molecular complexity index is 1060. The number of alkyl carbamates (subject to hydrolysis) is 1. The van der Waals surface area contributed by atoms with Gasteiger partial charge in [-0.25, -0.2) is 9.59 Å². The number of hydrogen-bond donors (Lipinski definition) is 3. The zero-order valence-corrected chi connectivity index (χ0v) is 19.1. The van der Waals surface area contributed by atoms with Crippen LogP contribution in [0.2, 0.25) is 0 Å². The number of amides is 2. The molecular formula is C27H30N2O5. The highest BCUT2D eigenvalue weighted by atomic mass is 16.5. The average molecular weight is 463 g/mol. The summed E-state index contributed by atoms with van der Waals surface area (Å²) in [6.45, 7) is 0.249. The summed E-state index contributed by atoms with van der Waals surface area (Å²) in [7, 11) is 0. The van der Waals surface area contributed by atoms with Crippen LogP contribution in [0.5, 0.6) is 0 Å². The first-order valence-electron chi connectivity index (χ1n) is 12.1. The van der Waals surface area contributed by atoms with Crippen LogP contribution in [0, 0.1) is 5.92 Å². The normalized spacial score (nSPS) is 22.2. The van der Waals surface area contributed by atoms with E-state index in [0.29, 0.717) is 12.8 Å². The first-order valence-corrected chi connectivity index (χ1v) is 12.1. The molecule has 2 saturated carbocycles. The van der Waals surface area contributed by atoms with E-state index in [1.54, 1.807) is 0 Å². The molecule has 2 aromatic rings. The van der Waals surface area contributed by atoms with Gasteiger partial charge in [0.2, 0.25) is 5.91 Å². The fourth-order valence-electron chi connectivity index (χ4n) is 5.74. The van der Waals surface area contributed by atoms with Crippen LogP contribution in [0.25, 0.3) is 11.1 Å². The lowest BCUT2D eigenvalue weighted by atomic mass is 9.76. The zero-order valence-electron chi connectivity index (χ0n) is 19.1. The van der Waals surface area contributed by atoms with E-state index < -0.39 is 17.6 Å². The summed E-state index contributed by atoms with van der Waals surface area (Å²) in [6, 6.07) is 16.3. The van der Waals surface area contributed by atoms with Gasteiger partial charge in [-0.2, -0.15) is 0 Å². The van der Waals surface area contributed by atoms with Gasteiger partial charge in [0.05, 0.1) is 0 Å². The number of carboxylic acids is 1. The van der Waals surface area contributed by atoms with Gasteiger partial charge in [-0.3, -0.25) is 4.79 Å². The van der Waals surface area contributed by atoms with Gasteiger partial charge in [0.1, 0.15) is 12.1 Å².